The molecule has 0 rings (SSSR count). The maximum absolute atomic E-state index is 8.74. The first kappa shape index (κ1) is 15.8. The number of hydrogen-bond acceptors (Lipinski definition) is 1. The molecule has 2 N–H and O–H groups in total. The van der Waals surface area contributed by atoms with Gasteiger partial charge in [0, 0.05) is 16.8 Å². The molecule has 3 nitrogen and oxygen atoms in total. The predicted octanol–water partition coefficient (Wildman–Crippen LogP) is -1.77. The standard InChI is InChI=1S/Co.Mg.H2O3Si.2H/c;;1-4(2)3;;/h;;1-2H;;/q;+2;;2*-1. The second-order valence-electron chi connectivity index (χ2n) is 0.283. The van der Waals surface area contributed by atoms with Gasteiger partial charge in [0.25, 0.3) is 0 Å². The Labute approximate surface area is 66.0 Å². The van der Waals surface area contributed by atoms with E-state index in [0.717, 1.165) is 0 Å². The maximum atomic E-state index is 8.74. The van der Waals surface area contributed by atoms with Gasteiger partial charge in [0.1, 0.15) is 0 Å². The topological polar surface area (TPSA) is 57.5 Å². The first-order chi connectivity index (χ1) is 1.73. The normalized spacial score (nSPS) is 4.00. The molecule has 6 heavy (non-hydrogen) atoms. The molecule has 0 aromatic carbocycles. The molecule has 6 heteroatoms. The number of rotatable bonds is 0. The molecule has 0 spiro atoms. The summed E-state index contributed by atoms with van der Waals surface area (Å²) in [4.78, 5) is 14.3. The Bertz CT molecular complexity index is 40.3. The summed E-state index contributed by atoms with van der Waals surface area (Å²) in [5, 5.41) is 0. The van der Waals surface area contributed by atoms with E-state index >= 15 is 0 Å². The molecule has 0 atom stereocenters. The molecule has 0 saturated carbocycles. The monoisotopic (exact) mass is 163 g/mol. The summed E-state index contributed by atoms with van der Waals surface area (Å²) in [6, 6.07) is 0. The fraction of sp³-hybridized carbons (Fsp3) is 0. The predicted molar refractivity (Wildman–Crippen MR) is 18.9 cm³/mol. The molecule has 0 aliphatic rings. The van der Waals surface area contributed by atoms with Crippen LogP contribution in [0.3, 0.4) is 0 Å². The van der Waals surface area contributed by atoms with Gasteiger partial charge in [0.2, 0.25) is 0 Å². The van der Waals surface area contributed by atoms with Crippen LogP contribution in [0.4, 0.5) is 0 Å². The van der Waals surface area contributed by atoms with Crippen LogP contribution >= 0.6 is 0 Å². The summed E-state index contributed by atoms with van der Waals surface area (Å²) in [5.74, 6) is 0. The van der Waals surface area contributed by atoms with Crippen LogP contribution in [0.15, 0.2) is 0 Å². The van der Waals surface area contributed by atoms with Gasteiger partial charge in [-0.15, -0.1) is 0 Å². The fourth-order valence-electron chi connectivity index (χ4n) is 0. The molecule has 0 aliphatic carbocycles. The van der Waals surface area contributed by atoms with Gasteiger partial charge < -0.3 is 12.4 Å². The molecular weight excluding hydrogens is 159 g/mol. The van der Waals surface area contributed by atoms with Gasteiger partial charge in [-0.3, -0.25) is 4.46 Å². The zero-order chi connectivity index (χ0) is 3.58. The summed E-state index contributed by atoms with van der Waals surface area (Å²) in [5.41, 5.74) is 0. The van der Waals surface area contributed by atoms with Gasteiger partial charge in [-0.2, -0.15) is 0 Å². The molecule has 0 saturated heterocycles. The Morgan fingerprint density at radius 1 is 1.50 bits per heavy atom. The van der Waals surface area contributed by atoms with Crippen molar-refractivity contribution in [3.8, 4) is 0 Å². The average Bonchev–Trinajstić information content (AvgIpc) is 0.811. The van der Waals surface area contributed by atoms with Crippen LogP contribution < -0.4 is 0 Å². The van der Waals surface area contributed by atoms with Crippen molar-refractivity contribution in [3.63, 3.8) is 0 Å². The van der Waals surface area contributed by atoms with Crippen molar-refractivity contribution in [1.82, 2.24) is 0 Å². The molecule has 0 aromatic rings. The van der Waals surface area contributed by atoms with E-state index in [-0.39, 0.29) is 42.7 Å². The Morgan fingerprint density at radius 3 is 1.50 bits per heavy atom. The Kier molecular flexibility index (Phi) is 24.5. The van der Waals surface area contributed by atoms with Crippen LogP contribution in [0.2, 0.25) is 0 Å². The maximum Gasteiger partial charge on any atom is 2.00 e. The zero-order valence-corrected chi connectivity index (χ0v) is 6.30. The minimum atomic E-state index is -3.13. The van der Waals surface area contributed by atoms with Crippen LogP contribution in [0.5, 0.6) is 0 Å². The van der Waals surface area contributed by atoms with Crippen LogP contribution in [0.25, 0.3) is 0 Å². The summed E-state index contributed by atoms with van der Waals surface area (Å²) < 4.78 is 8.74. The van der Waals surface area contributed by atoms with Crippen LogP contribution in [-0.2, 0) is 21.2 Å². The summed E-state index contributed by atoms with van der Waals surface area (Å²) >= 11 is 0. The van der Waals surface area contributed by atoms with Crippen molar-refractivity contribution in [2.45, 2.75) is 0 Å². The van der Waals surface area contributed by atoms with Crippen LogP contribution in [0.1, 0.15) is 2.85 Å². The van der Waals surface area contributed by atoms with Crippen molar-refractivity contribution >= 4 is 32.2 Å². The first-order valence-corrected chi connectivity index (χ1v) is 1.95. The Hall–Kier alpha value is 0.890. The van der Waals surface area contributed by atoms with Crippen molar-refractivity contribution in [2.75, 3.05) is 0 Å². The quantitative estimate of drug-likeness (QED) is 0.416. The number of hydrogen-bond donors (Lipinski definition) is 2. The molecule has 0 bridgehead atoms. The largest absolute Gasteiger partial charge is 2.00 e. The molecular formula is H4CoMgO3Si. The van der Waals surface area contributed by atoms with E-state index in [0.29, 0.717) is 0 Å². The second kappa shape index (κ2) is 9.31. The first-order valence-electron chi connectivity index (χ1n) is 0.651. The molecule has 0 unspecified atom stereocenters. The third-order valence-corrected chi connectivity index (χ3v) is 0. The van der Waals surface area contributed by atoms with Gasteiger partial charge >= 0.3 is 32.2 Å². The summed E-state index contributed by atoms with van der Waals surface area (Å²) in [6.45, 7) is 0. The molecule has 1 radical (unpaired) electrons. The Balaban J connectivity index is -0.00000000750. The molecule has 0 fully saturated rings. The van der Waals surface area contributed by atoms with Crippen molar-refractivity contribution in [1.29, 1.82) is 0 Å². The molecule has 37 valence electrons. The van der Waals surface area contributed by atoms with Crippen LogP contribution in [0, 0.1) is 0 Å². The van der Waals surface area contributed by atoms with Gasteiger partial charge in [0.15, 0.2) is 0 Å². The molecule has 0 heterocycles. The molecule has 0 amide bonds. The minimum Gasteiger partial charge on any atom is -1.00 e. The third-order valence-electron chi connectivity index (χ3n) is 0. The molecule has 0 aliphatic heterocycles. The van der Waals surface area contributed by atoms with Gasteiger partial charge in [0.05, 0.1) is 0 Å². The van der Waals surface area contributed by atoms with Crippen molar-refractivity contribution < 1.29 is 33.7 Å². The van der Waals surface area contributed by atoms with Crippen molar-refractivity contribution in [3.05, 3.63) is 0 Å². The van der Waals surface area contributed by atoms with E-state index in [1.807, 2.05) is 0 Å². The summed E-state index contributed by atoms with van der Waals surface area (Å²) in [6.07, 6.45) is 0. The second-order valence-corrected chi connectivity index (χ2v) is 0.848. The van der Waals surface area contributed by atoms with E-state index in [1.54, 1.807) is 0 Å². The third kappa shape index (κ3) is 93.5. The Morgan fingerprint density at radius 2 is 1.50 bits per heavy atom. The minimum absolute atomic E-state index is 0. The SMILES string of the molecule is O=[Si](O)O.[Co].[H-].[H-].[Mg+2]. The van der Waals surface area contributed by atoms with E-state index in [9.17, 15) is 0 Å². The van der Waals surface area contributed by atoms with Crippen LogP contribution in [-0.4, -0.2) is 41.8 Å². The zero-order valence-electron chi connectivity index (χ0n) is 4.84. The van der Waals surface area contributed by atoms with Gasteiger partial charge in [-0.1, -0.05) is 0 Å². The smallest absolute Gasteiger partial charge is 1.00 e. The molecule has 0 aromatic heterocycles. The summed E-state index contributed by atoms with van der Waals surface area (Å²) in [7, 11) is -3.13. The van der Waals surface area contributed by atoms with Gasteiger partial charge in [-0.05, 0) is 0 Å². The van der Waals surface area contributed by atoms with E-state index in [2.05, 4.69) is 0 Å². The fourth-order valence-corrected chi connectivity index (χ4v) is 0. The van der Waals surface area contributed by atoms with E-state index in [1.165, 1.54) is 0 Å². The van der Waals surface area contributed by atoms with E-state index in [4.69, 9.17) is 14.1 Å². The van der Waals surface area contributed by atoms with Gasteiger partial charge in [-0.25, -0.2) is 0 Å². The van der Waals surface area contributed by atoms with E-state index < -0.39 is 9.17 Å². The van der Waals surface area contributed by atoms with Crippen molar-refractivity contribution in [2.24, 2.45) is 0 Å². The average molecular weight is 163 g/mol.